The predicted molar refractivity (Wildman–Crippen MR) is 83.4 cm³/mol. The average molecular weight is 317 g/mol. The first-order valence-electron chi connectivity index (χ1n) is 7.02. The normalized spacial score (nSPS) is 10.9. The van der Waals surface area contributed by atoms with E-state index in [1.54, 1.807) is 4.88 Å². The smallest absolute Gasteiger partial charge is 0.00452 e. The summed E-state index contributed by atoms with van der Waals surface area (Å²) in [6, 6.07) is 4.42. The van der Waals surface area contributed by atoms with Crippen molar-refractivity contribution < 1.29 is 0 Å². The number of aryl methyl sites for hydroxylation is 1. The molecule has 0 fully saturated rings. The molecule has 0 aliphatic carbocycles. The molecule has 0 amide bonds. The summed E-state index contributed by atoms with van der Waals surface area (Å²) in [7, 11) is 0. The van der Waals surface area contributed by atoms with Crippen molar-refractivity contribution in [2.45, 2.75) is 64.2 Å². The third kappa shape index (κ3) is 8.84. The highest BCUT2D eigenvalue weighted by molar-refractivity contribution is 9.09. The quantitative estimate of drug-likeness (QED) is 0.337. The standard InChI is InChI=1S/C15H25BrS/c16-13-9-7-5-3-1-2-4-6-8-11-15-12-10-14-17-15/h10,12,14H,1-9,11,13H2. The lowest BCUT2D eigenvalue weighted by Crippen LogP contribution is -1.84. The average Bonchev–Trinajstić information content (AvgIpc) is 2.85. The molecule has 0 nitrogen and oxygen atoms in total. The fourth-order valence-electron chi connectivity index (χ4n) is 2.09. The van der Waals surface area contributed by atoms with Crippen molar-refractivity contribution >= 4 is 27.3 Å². The van der Waals surface area contributed by atoms with Crippen LogP contribution < -0.4 is 0 Å². The van der Waals surface area contributed by atoms with Gasteiger partial charge in [-0.3, -0.25) is 0 Å². The Hall–Kier alpha value is 0.180. The summed E-state index contributed by atoms with van der Waals surface area (Å²) >= 11 is 5.38. The van der Waals surface area contributed by atoms with Crippen LogP contribution in [-0.4, -0.2) is 5.33 Å². The molecule has 0 bridgehead atoms. The number of rotatable bonds is 11. The van der Waals surface area contributed by atoms with Crippen LogP contribution in [-0.2, 0) is 6.42 Å². The molecule has 0 N–H and O–H groups in total. The molecule has 2 heteroatoms. The van der Waals surface area contributed by atoms with Gasteiger partial charge < -0.3 is 0 Å². The molecule has 98 valence electrons. The summed E-state index contributed by atoms with van der Waals surface area (Å²) < 4.78 is 0. The zero-order valence-electron chi connectivity index (χ0n) is 10.8. The molecular weight excluding hydrogens is 292 g/mol. The Balaban J connectivity index is 1.76. The fraction of sp³-hybridized carbons (Fsp3) is 0.733. The van der Waals surface area contributed by atoms with Crippen LogP contribution in [0.2, 0.25) is 0 Å². The zero-order chi connectivity index (χ0) is 12.2. The van der Waals surface area contributed by atoms with Gasteiger partial charge in [-0.05, 0) is 30.7 Å². The van der Waals surface area contributed by atoms with E-state index in [1.807, 2.05) is 11.3 Å². The third-order valence-corrected chi connectivity index (χ3v) is 4.63. The molecule has 0 saturated carbocycles. The van der Waals surface area contributed by atoms with Gasteiger partial charge in [-0.2, -0.15) is 0 Å². The molecule has 1 rings (SSSR count). The van der Waals surface area contributed by atoms with Gasteiger partial charge in [-0.15, -0.1) is 11.3 Å². The lowest BCUT2D eigenvalue weighted by atomic mass is 10.1. The van der Waals surface area contributed by atoms with Crippen LogP contribution in [0, 0.1) is 0 Å². The zero-order valence-corrected chi connectivity index (χ0v) is 13.2. The third-order valence-electron chi connectivity index (χ3n) is 3.14. The summed E-state index contributed by atoms with van der Waals surface area (Å²) in [5.41, 5.74) is 0. The molecule has 17 heavy (non-hydrogen) atoms. The Labute approximate surface area is 119 Å². The monoisotopic (exact) mass is 316 g/mol. The highest BCUT2D eigenvalue weighted by atomic mass is 79.9. The number of halogens is 1. The highest BCUT2D eigenvalue weighted by Gasteiger charge is 1.95. The van der Waals surface area contributed by atoms with E-state index in [0.29, 0.717) is 0 Å². The van der Waals surface area contributed by atoms with Gasteiger partial charge in [0.25, 0.3) is 0 Å². The lowest BCUT2D eigenvalue weighted by Gasteiger charge is -2.01. The summed E-state index contributed by atoms with van der Waals surface area (Å²) in [4.78, 5) is 1.56. The summed E-state index contributed by atoms with van der Waals surface area (Å²) in [6.45, 7) is 0. The summed E-state index contributed by atoms with van der Waals surface area (Å²) in [6.07, 6.45) is 14.0. The van der Waals surface area contributed by atoms with Crippen molar-refractivity contribution in [3.63, 3.8) is 0 Å². The van der Waals surface area contributed by atoms with Crippen LogP contribution >= 0.6 is 27.3 Å². The second-order valence-corrected chi connectivity index (χ2v) is 6.53. The van der Waals surface area contributed by atoms with E-state index in [1.165, 1.54) is 69.5 Å². The van der Waals surface area contributed by atoms with E-state index in [9.17, 15) is 0 Å². The molecule has 0 aromatic carbocycles. The van der Waals surface area contributed by atoms with Crippen LogP contribution in [0.3, 0.4) is 0 Å². The maximum atomic E-state index is 3.48. The molecule has 0 unspecified atom stereocenters. The number of hydrogen-bond acceptors (Lipinski definition) is 1. The molecule has 1 aromatic heterocycles. The summed E-state index contributed by atoms with van der Waals surface area (Å²) in [5, 5.41) is 3.36. The van der Waals surface area contributed by atoms with Crippen molar-refractivity contribution in [1.29, 1.82) is 0 Å². The maximum Gasteiger partial charge on any atom is 0.00452 e. The van der Waals surface area contributed by atoms with Crippen molar-refractivity contribution in [2.24, 2.45) is 0 Å². The fourth-order valence-corrected chi connectivity index (χ4v) is 3.23. The van der Waals surface area contributed by atoms with E-state index >= 15 is 0 Å². The molecular formula is C15H25BrS. The molecule has 1 aromatic rings. The first kappa shape index (κ1) is 15.2. The molecule has 0 radical (unpaired) electrons. The van der Waals surface area contributed by atoms with E-state index in [4.69, 9.17) is 0 Å². The number of alkyl halides is 1. The number of hydrogen-bond donors (Lipinski definition) is 0. The van der Waals surface area contributed by atoms with Crippen LogP contribution in [0.25, 0.3) is 0 Å². The minimum Gasteiger partial charge on any atom is -0.149 e. The van der Waals surface area contributed by atoms with Crippen LogP contribution in [0.1, 0.15) is 62.7 Å². The van der Waals surface area contributed by atoms with E-state index in [0.717, 1.165) is 0 Å². The van der Waals surface area contributed by atoms with E-state index in [2.05, 4.69) is 33.4 Å². The van der Waals surface area contributed by atoms with Gasteiger partial charge in [0.1, 0.15) is 0 Å². The SMILES string of the molecule is BrCCCCCCCCCCCc1cccs1. The maximum absolute atomic E-state index is 3.48. The molecule has 0 saturated heterocycles. The lowest BCUT2D eigenvalue weighted by molar-refractivity contribution is 0.566. The molecule has 0 aliphatic rings. The van der Waals surface area contributed by atoms with Crippen molar-refractivity contribution in [3.05, 3.63) is 22.4 Å². The highest BCUT2D eigenvalue weighted by Crippen LogP contribution is 2.14. The van der Waals surface area contributed by atoms with E-state index < -0.39 is 0 Å². The van der Waals surface area contributed by atoms with Crippen LogP contribution in [0.5, 0.6) is 0 Å². The van der Waals surface area contributed by atoms with Gasteiger partial charge >= 0.3 is 0 Å². The largest absolute Gasteiger partial charge is 0.149 e. The summed E-state index contributed by atoms with van der Waals surface area (Å²) in [5.74, 6) is 0. The second kappa shape index (κ2) is 11.3. The first-order valence-corrected chi connectivity index (χ1v) is 9.02. The Morgan fingerprint density at radius 1 is 0.824 bits per heavy atom. The Morgan fingerprint density at radius 2 is 1.41 bits per heavy atom. The topological polar surface area (TPSA) is 0 Å². The van der Waals surface area contributed by atoms with Crippen LogP contribution in [0.15, 0.2) is 17.5 Å². The van der Waals surface area contributed by atoms with E-state index in [-0.39, 0.29) is 0 Å². The molecule has 0 atom stereocenters. The van der Waals surface area contributed by atoms with Gasteiger partial charge in [-0.1, -0.05) is 66.9 Å². The first-order chi connectivity index (χ1) is 8.43. The predicted octanol–water partition coefficient (Wildman–Crippen LogP) is 6.20. The molecule has 0 aliphatic heterocycles. The molecule has 1 heterocycles. The number of thiophene rings is 1. The van der Waals surface area contributed by atoms with Crippen molar-refractivity contribution in [1.82, 2.24) is 0 Å². The van der Waals surface area contributed by atoms with Crippen molar-refractivity contribution in [2.75, 3.05) is 5.33 Å². The Kier molecular flexibility index (Phi) is 10.1. The Morgan fingerprint density at radius 3 is 1.94 bits per heavy atom. The van der Waals surface area contributed by atoms with Gasteiger partial charge in [0.2, 0.25) is 0 Å². The molecule has 0 spiro atoms. The Bertz CT molecular complexity index is 243. The van der Waals surface area contributed by atoms with Gasteiger partial charge in [0, 0.05) is 10.2 Å². The van der Waals surface area contributed by atoms with Crippen molar-refractivity contribution in [3.8, 4) is 0 Å². The van der Waals surface area contributed by atoms with Gasteiger partial charge in [-0.25, -0.2) is 0 Å². The second-order valence-electron chi connectivity index (χ2n) is 4.70. The van der Waals surface area contributed by atoms with Gasteiger partial charge in [0.15, 0.2) is 0 Å². The minimum atomic E-state index is 1.18. The number of unbranched alkanes of at least 4 members (excludes halogenated alkanes) is 8. The minimum absolute atomic E-state index is 1.18. The van der Waals surface area contributed by atoms with Crippen LogP contribution in [0.4, 0.5) is 0 Å². The van der Waals surface area contributed by atoms with Gasteiger partial charge in [0.05, 0.1) is 0 Å².